The van der Waals surface area contributed by atoms with Crippen molar-refractivity contribution in [2.45, 2.75) is 31.6 Å². The standard InChI is InChI=1S/C13H19F3N2O2S/c1-3-13(4-2,7-17)8-18-21(19,20)12-10(15)5-9(14)6-11(12)16/h5-6,18H,3-4,7-8,17H2,1-2H3. The molecule has 0 aliphatic rings. The van der Waals surface area contributed by atoms with Gasteiger partial charge in [0.15, 0.2) is 4.90 Å². The molecular formula is C13H19F3N2O2S. The Balaban J connectivity index is 3.09. The van der Waals surface area contributed by atoms with Crippen LogP contribution in [0.5, 0.6) is 0 Å². The summed E-state index contributed by atoms with van der Waals surface area (Å²) in [6, 6.07) is 0.654. The summed E-state index contributed by atoms with van der Waals surface area (Å²) in [4.78, 5) is -1.18. The van der Waals surface area contributed by atoms with Crippen molar-refractivity contribution < 1.29 is 21.6 Å². The Morgan fingerprint density at radius 2 is 1.62 bits per heavy atom. The summed E-state index contributed by atoms with van der Waals surface area (Å²) in [7, 11) is -4.42. The van der Waals surface area contributed by atoms with Gasteiger partial charge in [0.25, 0.3) is 0 Å². The van der Waals surface area contributed by atoms with Crippen molar-refractivity contribution in [3.63, 3.8) is 0 Å². The lowest BCUT2D eigenvalue weighted by atomic mass is 9.83. The minimum Gasteiger partial charge on any atom is -0.330 e. The number of sulfonamides is 1. The van der Waals surface area contributed by atoms with Crippen molar-refractivity contribution in [2.24, 2.45) is 11.1 Å². The number of nitrogens with two attached hydrogens (primary N) is 1. The van der Waals surface area contributed by atoms with Gasteiger partial charge in [-0.15, -0.1) is 0 Å². The monoisotopic (exact) mass is 324 g/mol. The third-order valence-corrected chi connectivity index (χ3v) is 5.25. The van der Waals surface area contributed by atoms with Crippen LogP contribution in [0.4, 0.5) is 13.2 Å². The Hall–Kier alpha value is -1.12. The van der Waals surface area contributed by atoms with Crippen LogP contribution in [0.3, 0.4) is 0 Å². The van der Waals surface area contributed by atoms with E-state index in [0.29, 0.717) is 25.0 Å². The highest BCUT2D eigenvalue weighted by molar-refractivity contribution is 7.89. The van der Waals surface area contributed by atoms with E-state index in [-0.39, 0.29) is 13.1 Å². The van der Waals surface area contributed by atoms with Crippen molar-refractivity contribution >= 4 is 10.0 Å². The Labute approximate surface area is 122 Å². The second-order valence-corrected chi connectivity index (χ2v) is 6.64. The van der Waals surface area contributed by atoms with Gasteiger partial charge >= 0.3 is 0 Å². The van der Waals surface area contributed by atoms with Crippen LogP contribution in [0.15, 0.2) is 17.0 Å². The average molecular weight is 324 g/mol. The minimum atomic E-state index is -4.42. The van der Waals surface area contributed by atoms with Crippen LogP contribution in [-0.4, -0.2) is 21.5 Å². The molecule has 21 heavy (non-hydrogen) atoms. The number of hydrogen-bond donors (Lipinski definition) is 2. The zero-order valence-electron chi connectivity index (χ0n) is 11.9. The van der Waals surface area contributed by atoms with E-state index in [1.54, 1.807) is 0 Å². The number of halogens is 3. The van der Waals surface area contributed by atoms with Crippen molar-refractivity contribution in [1.82, 2.24) is 4.72 Å². The number of nitrogens with one attached hydrogen (secondary N) is 1. The Kier molecular flexibility index (Phi) is 5.77. The van der Waals surface area contributed by atoms with Gasteiger partial charge in [0.05, 0.1) is 0 Å². The highest BCUT2D eigenvalue weighted by Crippen LogP contribution is 2.25. The van der Waals surface area contributed by atoms with E-state index in [1.165, 1.54) is 0 Å². The summed E-state index contributed by atoms with van der Waals surface area (Å²) in [5.74, 6) is -4.11. The molecule has 3 N–H and O–H groups in total. The first-order chi connectivity index (χ1) is 9.71. The van der Waals surface area contributed by atoms with Gasteiger partial charge in [-0.25, -0.2) is 26.3 Å². The van der Waals surface area contributed by atoms with E-state index in [0.717, 1.165) is 0 Å². The predicted molar refractivity (Wildman–Crippen MR) is 73.6 cm³/mol. The lowest BCUT2D eigenvalue weighted by molar-refractivity contribution is 0.274. The summed E-state index contributed by atoms with van der Waals surface area (Å²) in [6.07, 6.45) is 1.22. The highest BCUT2D eigenvalue weighted by Gasteiger charge is 2.30. The van der Waals surface area contributed by atoms with Gasteiger partial charge in [0, 0.05) is 18.7 Å². The van der Waals surface area contributed by atoms with Gasteiger partial charge in [-0.2, -0.15) is 0 Å². The smallest absolute Gasteiger partial charge is 0.246 e. The molecule has 0 unspecified atom stereocenters. The molecule has 0 heterocycles. The molecule has 0 saturated carbocycles. The number of rotatable bonds is 7. The fourth-order valence-corrected chi connectivity index (χ4v) is 3.24. The Bertz CT molecular complexity index is 570. The SMILES string of the molecule is CCC(CC)(CN)CNS(=O)(=O)c1c(F)cc(F)cc1F. The fourth-order valence-electron chi connectivity index (χ4n) is 1.97. The quantitative estimate of drug-likeness (QED) is 0.807. The van der Waals surface area contributed by atoms with E-state index < -0.39 is 37.8 Å². The second-order valence-electron chi connectivity index (χ2n) is 4.93. The lowest BCUT2D eigenvalue weighted by Crippen LogP contribution is -2.42. The maximum absolute atomic E-state index is 13.5. The molecule has 0 aliphatic carbocycles. The number of benzene rings is 1. The molecular weight excluding hydrogens is 305 g/mol. The average Bonchev–Trinajstić information content (AvgIpc) is 2.39. The van der Waals surface area contributed by atoms with E-state index in [1.807, 2.05) is 13.8 Å². The van der Waals surface area contributed by atoms with Crippen LogP contribution in [0.25, 0.3) is 0 Å². The summed E-state index contributed by atoms with van der Waals surface area (Å²) >= 11 is 0. The van der Waals surface area contributed by atoms with Gasteiger partial charge in [-0.1, -0.05) is 13.8 Å². The first kappa shape index (κ1) is 17.9. The van der Waals surface area contributed by atoms with Crippen LogP contribution in [0.2, 0.25) is 0 Å². The first-order valence-corrected chi connectivity index (χ1v) is 8.04. The maximum atomic E-state index is 13.5. The van der Waals surface area contributed by atoms with Crippen molar-refractivity contribution in [3.8, 4) is 0 Å². The molecule has 0 aromatic heterocycles. The van der Waals surface area contributed by atoms with Crippen LogP contribution in [0, 0.1) is 22.9 Å². The van der Waals surface area contributed by atoms with Gasteiger partial charge in [0.2, 0.25) is 10.0 Å². The normalized spacial score (nSPS) is 12.7. The van der Waals surface area contributed by atoms with E-state index in [4.69, 9.17) is 5.73 Å². The van der Waals surface area contributed by atoms with Crippen LogP contribution < -0.4 is 10.5 Å². The van der Waals surface area contributed by atoms with Gasteiger partial charge in [-0.05, 0) is 24.8 Å². The summed E-state index contributed by atoms with van der Waals surface area (Å²) in [5.41, 5.74) is 5.16. The Morgan fingerprint density at radius 1 is 1.14 bits per heavy atom. The molecule has 0 aliphatic heterocycles. The van der Waals surface area contributed by atoms with E-state index in [9.17, 15) is 21.6 Å². The lowest BCUT2D eigenvalue weighted by Gasteiger charge is -2.30. The van der Waals surface area contributed by atoms with E-state index >= 15 is 0 Å². The van der Waals surface area contributed by atoms with Gasteiger partial charge in [-0.3, -0.25) is 0 Å². The third-order valence-electron chi connectivity index (χ3n) is 3.80. The molecule has 0 fully saturated rings. The molecule has 120 valence electrons. The van der Waals surface area contributed by atoms with Gasteiger partial charge < -0.3 is 5.73 Å². The van der Waals surface area contributed by atoms with Gasteiger partial charge in [0.1, 0.15) is 17.5 Å². The molecule has 4 nitrogen and oxygen atoms in total. The molecule has 1 aromatic carbocycles. The largest absolute Gasteiger partial charge is 0.330 e. The van der Waals surface area contributed by atoms with Crippen molar-refractivity contribution in [3.05, 3.63) is 29.6 Å². The summed E-state index contributed by atoms with van der Waals surface area (Å²) in [6.45, 7) is 3.89. The highest BCUT2D eigenvalue weighted by atomic mass is 32.2. The maximum Gasteiger partial charge on any atom is 0.246 e. The molecule has 0 saturated heterocycles. The fraction of sp³-hybridized carbons (Fsp3) is 0.538. The minimum absolute atomic E-state index is 0.0465. The number of hydrogen-bond acceptors (Lipinski definition) is 3. The van der Waals surface area contributed by atoms with Crippen molar-refractivity contribution in [2.75, 3.05) is 13.1 Å². The zero-order valence-corrected chi connectivity index (χ0v) is 12.7. The first-order valence-electron chi connectivity index (χ1n) is 6.55. The summed E-state index contributed by atoms with van der Waals surface area (Å²) < 4.78 is 66.1. The Morgan fingerprint density at radius 3 is 2.00 bits per heavy atom. The van der Waals surface area contributed by atoms with Crippen LogP contribution in [-0.2, 0) is 10.0 Å². The third kappa shape index (κ3) is 3.96. The van der Waals surface area contributed by atoms with E-state index in [2.05, 4.69) is 4.72 Å². The van der Waals surface area contributed by atoms with Crippen LogP contribution >= 0.6 is 0 Å². The van der Waals surface area contributed by atoms with Crippen LogP contribution in [0.1, 0.15) is 26.7 Å². The molecule has 0 amide bonds. The molecule has 0 atom stereocenters. The molecule has 8 heteroatoms. The predicted octanol–water partition coefficient (Wildman–Crippen LogP) is 2.15. The second kappa shape index (κ2) is 6.76. The van der Waals surface area contributed by atoms with Crippen molar-refractivity contribution in [1.29, 1.82) is 0 Å². The molecule has 1 aromatic rings. The molecule has 0 spiro atoms. The summed E-state index contributed by atoms with van der Waals surface area (Å²) in [5, 5.41) is 0. The topological polar surface area (TPSA) is 72.2 Å². The zero-order chi connectivity index (χ0) is 16.3. The molecule has 0 radical (unpaired) electrons. The molecule has 1 rings (SSSR count). The molecule has 0 bridgehead atoms.